The van der Waals surface area contributed by atoms with Gasteiger partial charge in [0.25, 0.3) is 5.71 Å². The Balaban J connectivity index is 1.79. The number of hydrogen-bond acceptors (Lipinski definition) is 9. The fourth-order valence-corrected chi connectivity index (χ4v) is 3.24. The zero-order valence-corrected chi connectivity index (χ0v) is 17.1. The van der Waals surface area contributed by atoms with E-state index in [2.05, 4.69) is 10.1 Å². The maximum Gasteiger partial charge on any atom is 0.367 e. The Kier molecular flexibility index (Phi) is 6.75. The molecule has 9 nitrogen and oxygen atoms in total. The van der Waals surface area contributed by atoms with Gasteiger partial charge in [-0.1, -0.05) is 5.16 Å². The molecule has 158 valence electrons. The molecule has 0 amide bonds. The number of carbonyl (C=O) groups excluding carboxylic acids is 1. The molecular formula is C19H20FN4O5S+. The molecule has 0 saturated carbocycles. The van der Waals surface area contributed by atoms with Crippen molar-refractivity contribution < 1.29 is 33.3 Å². The molecule has 4 N–H and O–H groups in total. The highest BCUT2D eigenvalue weighted by Crippen LogP contribution is 2.29. The number of aromatic nitrogens is 2. The summed E-state index contributed by atoms with van der Waals surface area (Å²) in [6.07, 6.45) is 1.48. The summed E-state index contributed by atoms with van der Waals surface area (Å²) in [4.78, 5) is 16.4. The molecule has 0 aliphatic rings. The summed E-state index contributed by atoms with van der Waals surface area (Å²) in [7, 11) is 1.52. The number of nitrogen functional groups attached to an aromatic ring is 1. The van der Waals surface area contributed by atoms with Gasteiger partial charge in [-0.05, 0) is 13.0 Å². The molecule has 0 unspecified atom stereocenters. The SMILES string of the molecule is CCOC(=O)c1ncc(-c2cc(C(=[NH2+])c3cc(F)c(OCCOC)cc3N)on2)s1. The number of nitrogens with zero attached hydrogens (tertiary/aromatic N) is 2. The Morgan fingerprint density at radius 1 is 1.33 bits per heavy atom. The van der Waals surface area contributed by atoms with E-state index in [1.54, 1.807) is 13.0 Å². The van der Waals surface area contributed by atoms with E-state index in [0.717, 1.165) is 11.3 Å². The molecule has 0 saturated heterocycles. The van der Waals surface area contributed by atoms with Gasteiger partial charge in [0, 0.05) is 31.1 Å². The lowest BCUT2D eigenvalue weighted by atomic mass is 10.0. The maximum absolute atomic E-state index is 14.4. The topological polar surface area (TPSA) is 135 Å². The molecular weight excluding hydrogens is 415 g/mol. The van der Waals surface area contributed by atoms with Crippen LogP contribution >= 0.6 is 11.3 Å². The molecule has 3 aromatic rings. The Bertz CT molecular complexity index is 1070. The van der Waals surface area contributed by atoms with Gasteiger partial charge in [-0.3, -0.25) is 5.41 Å². The van der Waals surface area contributed by atoms with E-state index in [4.69, 9.17) is 29.9 Å². The molecule has 3 rings (SSSR count). The van der Waals surface area contributed by atoms with E-state index in [1.165, 1.54) is 25.4 Å². The highest BCUT2D eigenvalue weighted by atomic mass is 32.1. The molecule has 2 heterocycles. The van der Waals surface area contributed by atoms with Crippen molar-refractivity contribution in [2.24, 2.45) is 0 Å². The molecule has 0 atom stereocenters. The lowest BCUT2D eigenvalue weighted by molar-refractivity contribution is -0.113. The third-order valence-electron chi connectivity index (χ3n) is 3.92. The molecule has 0 aliphatic carbocycles. The second-order valence-electron chi connectivity index (χ2n) is 5.95. The monoisotopic (exact) mass is 435 g/mol. The zero-order chi connectivity index (χ0) is 21.7. The average Bonchev–Trinajstić information content (AvgIpc) is 3.39. The van der Waals surface area contributed by atoms with Gasteiger partial charge in [-0.15, -0.1) is 11.3 Å². The predicted molar refractivity (Wildman–Crippen MR) is 107 cm³/mol. The average molecular weight is 435 g/mol. The summed E-state index contributed by atoms with van der Waals surface area (Å²) < 4.78 is 34.7. The fraction of sp³-hybridized carbons (Fsp3) is 0.263. The van der Waals surface area contributed by atoms with Crippen LogP contribution in [0, 0.1) is 5.82 Å². The number of nitrogens with two attached hydrogens (primary N) is 2. The predicted octanol–water partition coefficient (Wildman–Crippen LogP) is 1.32. The molecule has 11 heteroatoms. The maximum atomic E-state index is 14.4. The van der Waals surface area contributed by atoms with Crippen LogP contribution in [0.25, 0.3) is 10.6 Å². The van der Waals surface area contributed by atoms with Crippen LogP contribution in [0.2, 0.25) is 0 Å². The minimum absolute atomic E-state index is 0.00415. The van der Waals surface area contributed by atoms with Crippen molar-refractivity contribution in [3.63, 3.8) is 0 Å². The van der Waals surface area contributed by atoms with E-state index in [0.29, 0.717) is 17.2 Å². The number of benzene rings is 1. The van der Waals surface area contributed by atoms with Crippen molar-refractivity contribution in [3.05, 3.63) is 46.5 Å². The number of halogens is 1. The van der Waals surface area contributed by atoms with Gasteiger partial charge < -0.3 is 24.5 Å². The number of ether oxygens (including phenoxy) is 3. The molecule has 2 aromatic heterocycles. The summed E-state index contributed by atoms with van der Waals surface area (Å²) in [5, 5.41) is 10.3. The summed E-state index contributed by atoms with van der Waals surface area (Å²) in [5.41, 5.74) is 6.98. The van der Waals surface area contributed by atoms with Crippen molar-refractivity contribution in [2.75, 3.05) is 32.7 Å². The lowest BCUT2D eigenvalue weighted by Crippen LogP contribution is -2.41. The minimum Gasteiger partial charge on any atom is -0.488 e. The number of rotatable bonds is 9. The Labute approximate surface area is 175 Å². The number of esters is 1. The van der Waals surface area contributed by atoms with Crippen LogP contribution in [0.4, 0.5) is 10.1 Å². The van der Waals surface area contributed by atoms with E-state index in [9.17, 15) is 9.18 Å². The summed E-state index contributed by atoms with van der Waals surface area (Å²) >= 11 is 1.10. The largest absolute Gasteiger partial charge is 0.488 e. The fourth-order valence-electron chi connectivity index (χ4n) is 2.48. The van der Waals surface area contributed by atoms with Gasteiger partial charge in [0.2, 0.25) is 10.8 Å². The van der Waals surface area contributed by atoms with E-state index < -0.39 is 11.8 Å². The van der Waals surface area contributed by atoms with Gasteiger partial charge in [-0.2, -0.15) is 0 Å². The first-order valence-corrected chi connectivity index (χ1v) is 9.70. The minimum atomic E-state index is -0.625. The molecule has 0 fully saturated rings. The molecule has 0 spiro atoms. The Morgan fingerprint density at radius 2 is 2.13 bits per heavy atom. The summed E-state index contributed by atoms with van der Waals surface area (Å²) in [6.45, 7) is 2.45. The van der Waals surface area contributed by atoms with E-state index in [1.807, 2.05) is 0 Å². The first-order chi connectivity index (χ1) is 14.4. The molecule has 0 aliphatic heterocycles. The van der Waals surface area contributed by atoms with Gasteiger partial charge in [0.1, 0.15) is 12.3 Å². The van der Waals surface area contributed by atoms with Crippen LogP contribution < -0.4 is 15.9 Å². The second-order valence-corrected chi connectivity index (χ2v) is 6.98. The van der Waals surface area contributed by atoms with Gasteiger partial charge in [-0.25, -0.2) is 14.2 Å². The van der Waals surface area contributed by atoms with Crippen molar-refractivity contribution >= 4 is 28.7 Å². The van der Waals surface area contributed by atoms with Gasteiger partial charge in [0.15, 0.2) is 11.6 Å². The van der Waals surface area contributed by atoms with E-state index >= 15 is 0 Å². The third kappa shape index (κ3) is 4.63. The normalized spacial score (nSPS) is 10.8. The zero-order valence-electron chi connectivity index (χ0n) is 16.3. The molecule has 0 bridgehead atoms. The van der Waals surface area contributed by atoms with Crippen molar-refractivity contribution in [1.29, 1.82) is 0 Å². The standard InChI is InChI=1S/C19H19FN4O5S/c1-3-27-19(25)18-23-9-16(30-18)13-8-15(29-24-13)17(22)10-6-11(20)14(7-12(10)21)28-5-4-26-2/h6-9,22H,3-5,21H2,1-2H3/p+1. The first-order valence-electron chi connectivity index (χ1n) is 8.88. The number of hydrogen-bond donors (Lipinski definition) is 2. The van der Waals surface area contributed by atoms with Crippen LogP contribution in [0.15, 0.2) is 28.9 Å². The summed E-state index contributed by atoms with van der Waals surface area (Å²) in [6, 6.07) is 4.07. The third-order valence-corrected chi connectivity index (χ3v) is 4.92. The smallest absolute Gasteiger partial charge is 0.367 e. The van der Waals surface area contributed by atoms with Gasteiger partial charge >= 0.3 is 5.97 Å². The molecule has 0 radical (unpaired) electrons. The highest BCUT2D eigenvalue weighted by Gasteiger charge is 2.23. The first kappa shape index (κ1) is 21.4. The second kappa shape index (κ2) is 9.46. The number of carbonyl (C=O) groups is 1. The Morgan fingerprint density at radius 3 is 2.87 bits per heavy atom. The number of anilines is 1. The van der Waals surface area contributed by atoms with Crippen LogP contribution in [-0.2, 0) is 9.47 Å². The van der Waals surface area contributed by atoms with Crippen molar-refractivity contribution in [3.8, 4) is 16.3 Å². The molecule has 1 aromatic carbocycles. The lowest BCUT2D eigenvalue weighted by Gasteiger charge is -2.09. The highest BCUT2D eigenvalue weighted by molar-refractivity contribution is 7.16. The molecule has 30 heavy (non-hydrogen) atoms. The van der Waals surface area contributed by atoms with Crippen LogP contribution in [0.5, 0.6) is 5.75 Å². The quantitative estimate of drug-likeness (QED) is 0.222. The van der Waals surface area contributed by atoms with Crippen molar-refractivity contribution in [1.82, 2.24) is 10.1 Å². The van der Waals surface area contributed by atoms with Crippen LogP contribution in [0.1, 0.15) is 28.0 Å². The van der Waals surface area contributed by atoms with Crippen molar-refractivity contribution in [2.45, 2.75) is 6.92 Å². The van der Waals surface area contributed by atoms with Crippen LogP contribution in [-0.4, -0.2) is 48.8 Å². The van der Waals surface area contributed by atoms with Gasteiger partial charge in [0.05, 0.1) is 23.7 Å². The van der Waals surface area contributed by atoms with Crippen LogP contribution in [0.3, 0.4) is 0 Å². The Hall–Kier alpha value is -3.31. The number of methoxy groups -OCH3 is 1. The summed E-state index contributed by atoms with van der Waals surface area (Å²) in [5.74, 6) is -0.954. The van der Waals surface area contributed by atoms with E-state index in [-0.39, 0.29) is 46.7 Å². The number of thiazole rings is 1.